The van der Waals surface area contributed by atoms with Crippen molar-refractivity contribution in [2.45, 2.75) is 55.7 Å². The number of fused-ring (bicyclic) bond motifs is 2. The molecule has 0 saturated carbocycles. The number of rotatable bonds is 5. The van der Waals surface area contributed by atoms with Crippen LogP contribution in [0, 0.1) is 0 Å². The number of nitrogens with one attached hydrogen (secondary N) is 1. The lowest BCUT2D eigenvalue weighted by molar-refractivity contribution is -0.0114. The summed E-state index contributed by atoms with van der Waals surface area (Å²) in [7, 11) is -3.36. The Balaban J connectivity index is 1.73. The number of sulfonamides is 1. The van der Waals surface area contributed by atoms with E-state index in [1.807, 2.05) is 5.38 Å². The van der Waals surface area contributed by atoms with Gasteiger partial charge >= 0.3 is 0 Å². The van der Waals surface area contributed by atoms with E-state index in [4.69, 9.17) is 4.74 Å². The molecule has 21 heavy (non-hydrogen) atoms. The molecule has 0 amide bonds. The maximum Gasteiger partial charge on any atom is 0.252 e. The number of nitrogens with zero attached hydrogens (tertiary/aromatic N) is 1. The van der Waals surface area contributed by atoms with Crippen LogP contribution >= 0.6 is 11.3 Å². The van der Waals surface area contributed by atoms with Crippen LogP contribution in [0.2, 0.25) is 0 Å². The zero-order chi connectivity index (χ0) is 15.0. The van der Waals surface area contributed by atoms with E-state index in [1.54, 1.807) is 10.4 Å². The Hall–Kier alpha value is -0.470. The van der Waals surface area contributed by atoms with Gasteiger partial charge in [0.2, 0.25) is 0 Å². The quantitative estimate of drug-likeness (QED) is 0.894. The van der Waals surface area contributed by atoms with E-state index in [0.717, 1.165) is 18.4 Å². The van der Waals surface area contributed by atoms with Crippen LogP contribution in [0.3, 0.4) is 0 Å². The molecule has 1 aromatic heterocycles. The molecule has 1 N–H and O–H groups in total. The van der Waals surface area contributed by atoms with E-state index < -0.39 is 10.0 Å². The monoisotopic (exact) mass is 330 g/mol. The maximum absolute atomic E-state index is 12.7. The van der Waals surface area contributed by atoms with Crippen molar-refractivity contribution in [2.75, 3.05) is 13.1 Å². The van der Waals surface area contributed by atoms with Gasteiger partial charge in [0.25, 0.3) is 10.0 Å². The van der Waals surface area contributed by atoms with Crippen molar-refractivity contribution >= 4 is 21.4 Å². The molecule has 0 aliphatic carbocycles. The lowest BCUT2D eigenvalue weighted by Gasteiger charge is -2.30. The summed E-state index contributed by atoms with van der Waals surface area (Å²) in [6.07, 6.45) is 2.12. The minimum atomic E-state index is -3.36. The van der Waals surface area contributed by atoms with Gasteiger partial charge in [-0.25, -0.2) is 8.42 Å². The predicted molar refractivity (Wildman–Crippen MR) is 82.9 cm³/mol. The van der Waals surface area contributed by atoms with Gasteiger partial charge in [0, 0.05) is 25.7 Å². The molecule has 2 atom stereocenters. The van der Waals surface area contributed by atoms with Crippen molar-refractivity contribution in [3.05, 3.63) is 17.0 Å². The summed E-state index contributed by atoms with van der Waals surface area (Å²) in [5, 5.41) is 5.24. The van der Waals surface area contributed by atoms with E-state index in [1.165, 1.54) is 11.3 Å². The highest BCUT2D eigenvalue weighted by molar-refractivity contribution is 7.91. The van der Waals surface area contributed by atoms with E-state index in [2.05, 4.69) is 19.2 Å². The fourth-order valence-electron chi connectivity index (χ4n) is 2.80. The van der Waals surface area contributed by atoms with Gasteiger partial charge in [0.1, 0.15) is 4.21 Å². The average molecular weight is 330 g/mol. The van der Waals surface area contributed by atoms with E-state index in [-0.39, 0.29) is 12.2 Å². The second-order valence-corrected chi connectivity index (χ2v) is 9.17. The highest BCUT2D eigenvalue weighted by Crippen LogP contribution is 2.31. The molecule has 0 spiro atoms. The molecule has 2 saturated heterocycles. The molecule has 0 aromatic carbocycles. The molecule has 118 valence electrons. The van der Waals surface area contributed by atoms with Gasteiger partial charge in [0.15, 0.2) is 0 Å². The minimum Gasteiger partial charge on any atom is -0.372 e. The van der Waals surface area contributed by atoms with Crippen LogP contribution in [0.5, 0.6) is 0 Å². The van der Waals surface area contributed by atoms with Crippen LogP contribution in [0.15, 0.2) is 15.7 Å². The van der Waals surface area contributed by atoms with Gasteiger partial charge in [-0.3, -0.25) is 0 Å². The van der Waals surface area contributed by atoms with Gasteiger partial charge in [-0.15, -0.1) is 11.3 Å². The number of hydrogen-bond donors (Lipinski definition) is 1. The average Bonchev–Trinajstić information content (AvgIpc) is 3.03. The molecule has 7 heteroatoms. The zero-order valence-corrected chi connectivity index (χ0v) is 14.0. The summed E-state index contributed by atoms with van der Waals surface area (Å²) in [5.41, 5.74) is 1.03. The third-order valence-electron chi connectivity index (χ3n) is 3.95. The summed E-state index contributed by atoms with van der Waals surface area (Å²) >= 11 is 1.31. The topological polar surface area (TPSA) is 58.6 Å². The Labute approximate surface area is 130 Å². The first-order chi connectivity index (χ1) is 9.95. The molecule has 3 heterocycles. The highest BCUT2D eigenvalue weighted by Gasteiger charge is 2.39. The molecule has 2 aliphatic rings. The minimum absolute atomic E-state index is 0.0839. The standard InChI is InChI=1S/C14H22N2O3S2/c1-10(2)15-6-11-5-14(20-9-11)21(17,18)16-7-12-3-4-13(8-16)19-12/h5,9-10,12-13,15H,3-4,6-8H2,1-2H3. The van der Waals surface area contributed by atoms with E-state index >= 15 is 0 Å². The molecule has 2 unspecified atom stereocenters. The molecule has 0 radical (unpaired) electrons. The Morgan fingerprint density at radius 2 is 2.05 bits per heavy atom. The molecule has 2 fully saturated rings. The lowest BCUT2D eigenvalue weighted by Crippen LogP contribution is -2.45. The molecular weight excluding hydrogens is 308 g/mol. The molecular formula is C14H22N2O3S2. The predicted octanol–water partition coefficient (Wildman–Crippen LogP) is 1.80. The van der Waals surface area contributed by atoms with Crippen molar-refractivity contribution in [3.8, 4) is 0 Å². The molecule has 1 aromatic rings. The number of morpholine rings is 1. The van der Waals surface area contributed by atoms with Crippen LogP contribution in [0.1, 0.15) is 32.3 Å². The zero-order valence-electron chi connectivity index (χ0n) is 12.4. The third kappa shape index (κ3) is 3.32. The summed E-state index contributed by atoms with van der Waals surface area (Å²) < 4.78 is 33.2. The summed E-state index contributed by atoms with van der Waals surface area (Å²) in [5.74, 6) is 0. The van der Waals surface area contributed by atoms with Crippen molar-refractivity contribution in [1.82, 2.24) is 9.62 Å². The Morgan fingerprint density at radius 3 is 2.67 bits per heavy atom. The van der Waals surface area contributed by atoms with Gasteiger partial charge in [0.05, 0.1) is 12.2 Å². The number of thiophene rings is 1. The maximum atomic E-state index is 12.7. The number of ether oxygens (including phenoxy) is 1. The van der Waals surface area contributed by atoms with E-state index in [9.17, 15) is 8.42 Å². The Bertz CT molecular complexity index is 585. The van der Waals surface area contributed by atoms with E-state index in [0.29, 0.717) is 29.9 Å². The van der Waals surface area contributed by atoms with Crippen molar-refractivity contribution in [1.29, 1.82) is 0 Å². The van der Waals surface area contributed by atoms with Crippen LogP contribution in [0.4, 0.5) is 0 Å². The first-order valence-electron chi connectivity index (χ1n) is 7.41. The first kappa shape index (κ1) is 15.4. The largest absolute Gasteiger partial charge is 0.372 e. The fourth-order valence-corrected chi connectivity index (χ4v) is 5.67. The van der Waals surface area contributed by atoms with Gasteiger partial charge in [-0.2, -0.15) is 4.31 Å². The molecule has 3 rings (SSSR count). The normalized spacial score (nSPS) is 26.6. The van der Waals surface area contributed by atoms with Crippen LogP contribution in [0.25, 0.3) is 0 Å². The van der Waals surface area contributed by atoms with Crippen molar-refractivity contribution < 1.29 is 13.2 Å². The summed E-state index contributed by atoms with van der Waals surface area (Å²) in [6, 6.07) is 2.19. The van der Waals surface area contributed by atoms with Gasteiger partial charge < -0.3 is 10.1 Å². The smallest absolute Gasteiger partial charge is 0.252 e. The third-order valence-corrected chi connectivity index (χ3v) is 7.24. The summed E-state index contributed by atoms with van der Waals surface area (Å²) in [6.45, 7) is 5.85. The van der Waals surface area contributed by atoms with Crippen LogP contribution < -0.4 is 5.32 Å². The van der Waals surface area contributed by atoms with Crippen molar-refractivity contribution in [2.24, 2.45) is 0 Å². The molecule has 2 bridgehead atoms. The second-order valence-electron chi connectivity index (χ2n) is 6.09. The Kier molecular flexibility index (Phi) is 4.38. The van der Waals surface area contributed by atoms with Crippen molar-refractivity contribution in [3.63, 3.8) is 0 Å². The highest BCUT2D eigenvalue weighted by atomic mass is 32.2. The molecule has 2 aliphatic heterocycles. The SMILES string of the molecule is CC(C)NCc1csc(S(=O)(=O)N2CC3CCC(C2)O3)c1. The van der Waals surface area contributed by atoms with Crippen LogP contribution in [-0.4, -0.2) is 44.1 Å². The van der Waals surface area contributed by atoms with Crippen LogP contribution in [-0.2, 0) is 21.3 Å². The van der Waals surface area contributed by atoms with Gasteiger partial charge in [-0.1, -0.05) is 13.8 Å². The first-order valence-corrected chi connectivity index (χ1v) is 9.73. The summed E-state index contributed by atoms with van der Waals surface area (Å²) in [4.78, 5) is 0. The Morgan fingerprint density at radius 1 is 1.38 bits per heavy atom. The number of hydrogen-bond acceptors (Lipinski definition) is 5. The second kappa shape index (κ2) is 5.96. The van der Waals surface area contributed by atoms with Gasteiger partial charge in [-0.05, 0) is 29.9 Å². The fraction of sp³-hybridized carbons (Fsp3) is 0.714. The molecule has 5 nitrogen and oxygen atoms in total. The lowest BCUT2D eigenvalue weighted by atomic mass is 10.2.